The first-order valence-electron chi connectivity index (χ1n) is 4.03. The van der Waals surface area contributed by atoms with Gasteiger partial charge in [-0.25, -0.2) is 0 Å². The van der Waals surface area contributed by atoms with Crippen molar-refractivity contribution >= 4 is 22.9 Å². The summed E-state index contributed by atoms with van der Waals surface area (Å²) in [6.45, 7) is 0.548. The third kappa shape index (κ3) is 1.43. The second-order valence-corrected chi connectivity index (χ2v) is 3.80. The Balaban J connectivity index is 2.19. The van der Waals surface area contributed by atoms with Gasteiger partial charge < -0.3 is 4.90 Å². The molecule has 0 bridgehead atoms. The van der Waals surface area contributed by atoms with Gasteiger partial charge in [-0.3, -0.25) is 4.79 Å². The summed E-state index contributed by atoms with van der Waals surface area (Å²) in [5.74, 6) is -0.0719. The van der Waals surface area contributed by atoms with Crippen LogP contribution in [0.3, 0.4) is 0 Å². The molecule has 0 aromatic carbocycles. The maximum Gasteiger partial charge on any atom is 0.228 e. The van der Waals surface area contributed by atoms with Gasteiger partial charge in [0.15, 0.2) is 0 Å². The molecule has 4 heteroatoms. The van der Waals surface area contributed by atoms with Crippen LogP contribution in [0.15, 0.2) is 16.8 Å². The van der Waals surface area contributed by atoms with Gasteiger partial charge in [0.25, 0.3) is 0 Å². The van der Waals surface area contributed by atoms with Crippen molar-refractivity contribution in [3.8, 4) is 6.07 Å². The topological polar surface area (TPSA) is 44.1 Å². The number of amides is 1. The molecule has 2 rings (SSSR count). The Morgan fingerprint density at radius 3 is 3.08 bits per heavy atom. The van der Waals surface area contributed by atoms with Gasteiger partial charge in [-0.15, -0.1) is 0 Å². The first-order valence-corrected chi connectivity index (χ1v) is 4.97. The van der Waals surface area contributed by atoms with Crippen molar-refractivity contribution in [3.63, 3.8) is 0 Å². The Hall–Kier alpha value is -1.34. The summed E-state index contributed by atoms with van der Waals surface area (Å²) >= 11 is 1.56. The zero-order chi connectivity index (χ0) is 9.26. The minimum absolute atomic E-state index is 0.0601. The third-order valence-corrected chi connectivity index (χ3v) is 2.80. The molecule has 1 fully saturated rings. The zero-order valence-corrected chi connectivity index (χ0v) is 7.75. The number of nitrogens with zero attached hydrogens (tertiary/aromatic N) is 2. The molecular weight excluding hydrogens is 184 g/mol. The van der Waals surface area contributed by atoms with Gasteiger partial charge in [0.2, 0.25) is 5.91 Å². The van der Waals surface area contributed by atoms with E-state index in [0.717, 1.165) is 5.69 Å². The first-order chi connectivity index (χ1) is 6.31. The number of rotatable bonds is 1. The van der Waals surface area contributed by atoms with E-state index in [0.29, 0.717) is 13.0 Å². The molecule has 0 N–H and O–H groups in total. The molecule has 0 aliphatic carbocycles. The fraction of sp³-hybridized carbons (Fsp3) is 0.333. The van der Waals surface area contributed by atoms with Gasteiger partial charge in [0.1, 0.15) is 0 Å². The van der Waals surface area contributed by atoms with E-state index in [-0.39, 0.29) is 11.8 Å². The molecule has 0 spiro atoms. The van der Waals surface area contributed by atoms with E-state index >= 15 is 0 Å². The van der Waals surface area contributed by atoms with E-state index in [1.807, 2.05) is 16.8 Å². The largest absolute Gasteiger partial charge is 0.310 e. The van der Waals surface area contributed by atoms with E-state index in [1.54, 1.807) is 16.2 Å². The Labute approximate surface area is 80.2 Å². The molecule has 1 unspecified atom stereocenters. The minimum Gasteiger partial charge on any atom is -0.310 e. The van der Waals surface area contributed by atoms with Gasteiger partial charge in [-0.05, 0) is 11.4 Å². The Bertz CT molecular complexity index is 352. The van der Waals surface area contributed by atoms with Crippen molar-refractivity contribution in [2.24, 2.45) is 5.92 Å². The molecule has 1 saturated heterocycles. The van der Waals surface area contributed by atoms with Crippen LogP contribution in [-0.2, 0) is 4.79 Å². The quantitative estimate of drug-likeness (QED) is 0.678. The predicted octanol–water partition coefficient (Wildman–Crippen LogP) is 1.62. The molecule has 0 radical (unpaired) electrons. The van der Waals surface area contributed by atoms with Crippen LogP contribution < -0.4 is 4.90 Å². The maximum absolute atomic E-state index is 11.4. The molecule has 1 amide bonds. The van der Waals surface area contributed by atoms with Gasteiger partial charge in [0, 0.05) is 18.3 Å². The smallest absolute Gasteiger partial charge is 0.228 e. The number of nitriles is 1. The maximum atomic E-state index is 11.4. The lowest BCUT2D eigenvalue weighted by molar-refractivity contribution is -0.117. The molecule has 13 heavy (non-hydrogen) atoms. The number of hydrogen-bond donors (Lipinski definition) is 0. The van der Waals surface area contributed by atoms with Gasteiger partial charge in [-0.1, -0.05) is 0 Å². The highest BCUT2D eigenvalue weighted by Gasteiger charge is 2.30. The number of anilines is 1. The van der Waals surface area contributed by atoms with E-state index in [1.165, 1.54) is 0 Å². The average Bonchev–Trinajstić information content (AvgIpc) is 2.72. The first kappa shape index (κ1) is 8.27. The van der Waals surface area contributed by atoms with Gasteiger partial charge in [0.05, 0.1) is 17.7 Å². The van der Waals surface area contributed by atoms with Gasteiger partial charge in [-0.2, -0.15) is 16.6 Å². The zero-order valence-electron chi connectivity index (χ0n) is 6.93. The number of thiophene rings is 1. The highest BCUT2D eigenvalue weighted by molar-refractivity contribution is 7.08. The molecule has 1 aromatic heterocycles. The SMILES string of the molecule is N#CC1CC(=O)N(c2ccsc2)C1. The average molecular weight is 192 g/mol. The lowest BCUT2D eigenvalue weighted by Gasteiger charge is -2.12. The van der Waals surface area contributed by atoms with E-state index < -0.39 is 0 Å². The highest BCUT2D eigenvalue weighted by atomic mass is 32.1. The molecule has 1 aliphatic rings. The second kappa shape index (κ2) is 3.19. The molecule has 2 heterocycles. The molecular formula is C9H8N2OS. The summed E-state index contributed by atoms with van der Waals surface area (Å²) in [7, 11) is 0. The summed E-state index contributed by atoms with van der Waals surface area (Å²) in [4.78, 5) is 13.1. The van der Waals surface area contributed by atoms with Gasteiger partial charge >= 0.3 is 0 Å². The standard InChI is InChI=1S/C9H8N2OS/c10-4-7-3-9(12)11(5-7)8-1-2-13-6-8/h1-2,6-7H,3,5H2. The van der Waals surface area contributed by atoms with Crippen molar-refractivity contribution in [2.75, 3.05) is 11.4 Å². The minimum atomic E-state index is -0.132. The van der Waals surface area contributed by atoms with Crippen LogP contribution in [0.1, 0.15) is 6.42 Å². The van der Waals surface area contributed by atoms with Crippen LogP contribution in [0.5, 0.6) is 0 Å². The van der Waals surface area contributed by atoms with Crippen LogP contribution in [0.25, 0.3) is 0 Å². The molecule has 1 aliphatic heterocycles. The predicted molar refractivity (Wildman–Crippen MR) is 50.4 cm³/mol. The molecule has 1 aromatic rings. The summed E-state index contributed by atoms with van der Waals surface area (Å²) in [6.07, 6.45) is 0.367. The van der Waals surface area contributed by atoms with E-state index in [2.05, 4.69) is 6.07 Å². The van der Waals surface area contributed by atoms with Crippen LogP contribution >= 0.6 is 11.3 Å². The fourth-order valence-electron chi connectivity index (χ4n) is 1.45. The van der Waals surface area contributed by atoms with Crippen molar-refractivity contribution in [3.05, 3.63) is 16.8 Å². The van der Waals surface area contributed by atoms with E-state index in [4.69, 9.17) is 5.26 Å². The van der Waals surface area contributed by atoms with E-state index in [9.17, 15) is 4.79 Å². The second-order valence-electron chi connectivity index (χ2n) is 3.02. The fourth-order valence-corrected chi connectivity index (χ4v) is 2.10. The summed E-state index contributed by atoms with van der Waals surface area (Å²) in [5.41, 5.74) is 0.924. The van der Waals surface area contributed by atoms with Crippen molar-refractivity contribution in [1.82, 2.24) is 0 Å². The van der Waals surface area contributed by atoms with Crippen molar-refractivity contribution in [2.45, 2.75) is 6.42 Å². The monoisotopic (exact) mass is 192 g/mol. The number of carbonyl (C=O) groups excluding carboxylic acids is 1. The van der Waals surface area contributed by atoms with Crippen LogP contribution in [0, 0.1) is 17.2 Å². The summed E-state index contributed by atoms with van der Waals surface area (Å²) in [5, 5.41) is 12.5. The Morgan fingerprint density at radius 1 is 1.69 bits per heavy atom. The summed E-state index contributed by atoms with van der Waals surface area (Å²) in [6, 6.07) is 4.03. The Morgan fingerprint density at radius 2 is 2.54 bits per heavy atom. The Kier molecular flexibility index (Phi) is 2.03. The number of hydrogen-bond acceptors (Lipinski definition) is 3. The molecule has 0 saturated carbocycles. The normalized spacial score (nSPS) is 21.9. The molecule has 66 valence electrons. The molecule has 3 nitrogen and oxygen atoms in total. The summed E-state index contributed by atoms with van der Waals surface area (Å²) < 4.78 is 0. The van der Waals surface area contributed by atoms with Crippen LogP contribution in [-0.4, -0.2) is 12.5 Å². The lowest BCUT2D eigenvalue weighted by Crippen LogP contribution is -2.23. The van der Waals surface area contributed by atoms with Crippen LogP contribution in [0.2, 0.25) is 0 Å². The molecule has 1 atom stereocenters. The van der Waals surface area contributed by atoms with Crippen molar-refractivity contribution < 1.29 is 4.79 Å². The van der Waals surface area contributed by atoms with Crippen molar-refractivity contribution in [1.29, 1.82) is 5.26 Å². The number of carbonyl (C=O) groups is 1. The lowest BCUT2D eigenvalue weighted by atomic mass is 10.1. The van der Waals surface area contributed by atoms with Crippen LogP contribution in [0.4, 0.5) is 5.69 Å². The highest BCUT2D eigenvalue weighted by Crippen LogP contribution is 2.26. The third-order valence-electron chi connectivity index (χ3n) is 2.13.